The van der Waals surface area contributed by atoms with Gasteiger partial charge in [0.05, 0.1) is 12.7 Å². The molecular formula is C5H9N2+. The van der Waals surface area contributed by atoms with E-state index in [0.29, 0.717) is 0 Å². The Labute approximate surface area is 43.2 Å². The molecule has 0 saturated carbocycles. The molecule has 0 aliphatic carbocycles. The van der Waals surface area contributed by atoms with Crippen LogP contribution in [-0.2, 0) is 0 Å². The molecule has 0 bridgehead atoms. The average molecular weight is 97.1 g/mol. The van der Waals surface area contributed by atoms with Crippen LogP contribution in [0.5, 0.6) is 0 Å². The van der Waals surface area contributed by atoms with Crippen LogP contribution in [0.15, 0.2) is 16.9 Å². The highest BCUT2D eigenvalue weighted by molar-refractivity contribution is 5.48. The molecule has 2 heteroatoms. The van der Waals surface area contributed by atoms with Gasteiger partial charge in [-0.2, -0.15) is 0 Å². The summed E-state index contributed by atoms with van der Waals surface area (Å²) in [4.78, 5) is 5.26. The zero-order valence-corrected chi connectivity index (χ0v) is 4.60. The molecule has 0 aromatic carbocycles. The van der Waals surface area contributed by atoms with Gasteiger partial charge in [-0.15, -0.1) is 0 Å². The Morgan fingerprint density at radius 3 is 2.57 bits per heavy atom. The van der Waals surface area contributed by atoms with E-state index in [0.717, 1.165) is 5.70 Å². The third-order valence-corrected chi connectivity index (χ3v) is 0.908. The van der Waals surface area contributed by atoms with Gasteiger partial charge in [-0.05, 0) is 6.92 Å². The number of hydrogen-bond acceptors (Lipinski definition) is 1. The first-order valence-electron chi connectivity index (χ1n) is 2.35. The van der Waals surface area contributed by atoms with Crippen molar-refractivity contribution in [3.8, 4) is 0 Å². The van der Waals surface area contributed by atoms with Crippen molar-refractivity contribution in [2.24, 2.45) is 4.99 Å². The number of quaternary nitrogens is 1. The van der Waals surface area contributed by atoms with Crippen molar-refractivity contribution in [3.05, 3.63) is 11.9 Å². The summed E-state index contributed by atoms with van der Waals surface area (Å²) < 4.78 is 0. The molecule has 0 radical (unpaired) electrons. The minimum absolute atomic E-state index is 1.11. The van der Waals surface area contributed by atoms with E-state index >= 15 is 0 Å². The topological polar surface area (TPSA) is 16.8 Å². The largest absolute Gasteiger partial charge is 0.267 e. The van der Waals surface area contributed by atoms with E-state index in [4.69, 9.17) is 0 Å². The summed E-state index contributed by atoms with van der Waals surface area (Å²) in [6.45, 7) is 1.99. The van der Waals surface area contributed by atoms with E-state index in [2.05, 4.69) is 11.2 Å². The maximum atomic E-state index is 4.02. The van der Waals surface area contributed by atoms with Crippen molar-refractivity contribution >= 4 is 6.34 Å². The van der Waals surface area contributed by atoms with Gasteiger partial charge in [0.15, 0.2) is 6.34 Å². The van der Waals surface area contributed by atoms with E-state index in [1.54, 1.807) is 0 Å². The SMILES string of the molecule is CC1=C[NH+](C)C=N1. The molecule has 1 unspecified atom stereocenters. The fourth-order valence-electron chi connectivity index (χ4n) is 0.608. The Balaban J connectivity index is 2.69. The van der Waals surface area contributed by atoms with Gasteiger partial charge >= 0.3 is 0 Å². The molecule has 0 aromatic heterocycles. The van der Waals surface area contributed by atoms with Crippen LogP contribution in [-0.4, -0.2) is 13.4 Å². The van der Waals surface area contributed by atoms with Crippen LogP contribution in [0.2, 0.25) is 0 Å². The summed E-state index contributed by atoms with van der Waals surface area (Å²) in [7, 11) is 2.04. The van der Waals surface area contributed by atoms with Crippen molar-refractivity contribution in [2.45, 2.75) is 6.92 Å². The van der Waals surface area contributed by atoms with Crippen molar-refractivity contribution in [1.29, 1.82) is 0 Å². The van der Waals surface area contributed by atoms with Crippen molar-refractivity contribution in [2.75, 3.05) is 7.05 Å². The highest BCUT2D eigenvalue weighted by atomic mass is 15.1. The molecule has 0 amide bonds. The monoisotopic (exact) mass is 97.1 g/mol. The number of nitrogens with zero attached hydrogens (tertiary/aromatic N) is 1. The fourth-order valence-corrected chi connectivity index (χ4v) is 0.608. The average Bonchev–Trinajstić information content (AvgIpc) is 1.87. The molecule has 0 saturated heterocycles. The molecular weight excluding hydrogens is 88.1 g/mol. The Bertz CT molecular complexity index is 124. The van der Waals surface area contributed by atoms with Gasteiger partial charge in [0.25, 0.3) is 0 Å². The molecule has 1 aliphatic heterocycles. The minimum Gasteiger partial charge on any atom is -0.267 e. The Morgan fingerprint density at radius 1 is 1.71 bits per heavy atom. The van der Waals surface area contributed by atoms with E-state index in [-0.39, 0.29) is 0 Å². The quantitative estimate of drug-likeness (QED) is 0.416. The highest BCUT2D eigenvalue weighted by Gasteiger charge is 1.99. The minimum atomic E-state index is 1.11. The molecule has 38 valence electrons. The van der Waals surface area contributed by atoms with Gasteiger partial charge in [-0.3, -0.25) is 4.90 Å². The zero-order chi connectivity index (χ0) is 5.28. The second-order valence-electron chi connectivity index (χ2n) is 1.79. The van der Waals surface area contributed by atoms with Gasteiger partial charge in [-0.25, -0.2) is 4.99 Å². The van der Waals surface area contributed by atoms with E-state index in [9.17, 15) is 0 Å². The summed E-state index contributed by atoms with van der Waals surface area (Å²) in [5.41, 5.74) is 1.11. The number of hydrogen-bond donors (Lipinski definition) is 1. The fraction of sp³-hybridized carbons (Fsp3) is 0.400. The van der Waals surface area contributed by atoms with Crippen LogP contribution in [0, 0.1) is 0 Å². The molecule has 0 aromatic rings. The molecule has 0 spiro atoms. The first-order valence-corrected chi connectivity index (χ1v) is 2.35. The van der Waals surface area contributed by atoms with Crippen LogP contribution < -0.4 is 4.90 Å². The van der Waals surface area contributed by atoms with Crippen LogP contribution in [0.3, 0.4) is 0 Å². The molecule has 1 atom stereocenters. The molecule has 2 nitrogen and oxygen atoms in total. The Hall–Kier alpha value is -0.630. The maximum Gasteiger partial charge on any atom is 0.193 e. The van der Waals surface area contributed by atoms with Crippen molar-refractivity contribution < 1.29 is 4.90 Å². The maximum absolute atomic E-state index is 4.02. The molecule has 1 aliphatic rings. The van der Waals surface area contributed by atoms with Crippen molar-refractivity contribution in [3.63, 3.8) is 0 Å². The third-order valence-electron chi connectivity index (χ3n) is 0.908. The Kier molecular flexibility index (Phi) is 0.947. The predicted molar refractivity (Wildman–Crippen MR) is 29.1 cm³/mol. The van der Waals surface area contributed by atoms with Crippen LogP contribution in [0.4, 0.5) is 0 Å². The van der Waals surface area contributed by atoms with E-state index < -0.39 is 0 Å². The summed E-state index contributed by atoms with van der Waals surface area (Å²) in [5, 5.41) is 0. The lowest BCUT2D eigenvalue weighted by molar-refractivity contribution is -0.710. The summed E-state index contributed by atoms with van der Waals surface area (Å²) in [5.74, 6) is 0. The summed E-state index contributed by atoms with van der Waals surface area (Å²) in [6, 6.07) is 0. The number of aliphatic imine (C=N–C) groups is 1. The molecule has 7 heavy (non-hydrogen) atoms. The lowest BCUT2D eigenvalue weighted by Crippen LogP contribution is -3.02. The normalized spacial score (nSPS) is 28.3. The molecule has 1 N–H and O–H groups in total. The third kappa shape index (κ3) is 0.871. The van der Waals surface area contributed by atoms with Crippen LogP contribution in [0.1, 0.15) is 6.92 Å². The van der Waals surface area contributed by atoms with Gasteiger partial charge in [-0.1, -0.05) is 0 Å². The molecule has 1 rings (SSSR count). The second-order valence-corrected chi connectivity index (χ2v) is 1.79. The second kappa shape index (κ2) is 1.46. The lowest BCUT2D eigenvalue weighted by Gasteiger charge is -1.87. The number of allylic oxidation sites excluding steroid dienone is 1. The summed E-state index contributed by atoms with van der Waals surface area (Å²) in [6.07, 6.45) is 3.93. The van der Waals surface area contributed by atoms with Gasteiger partial charge in [0.1, 0.15) is 6.20 Å². The van der Waals surface area contributed by atoms with Gasteiger partial charge in [0, 0.05) is 0 Å². The zero-order valence-electron chi connectivity index (χ0n) is 4.60. The first-order chi connectivity index (χ1) is 3.29. The summed E-state index contributed by atoms with van der Waals surface area (Å²) >= 11 is 0. The molecule has 0 fully saturated rings. The number of nitrogens with one attached hydrogen (secondary N) is 1. The van der Waals surface area contributed by atoms with E-state index in [1.165, 1.54) is 4.90 Å². The number of rotatable bonds is 0. The van der Waals surface area contributed by atoms with Gasteiger partial charge in [0.2, 0.25) is 0 Å². The van der Waals surface area contributed by atoms with Crippen LogP contribution in [0.25, 0.3) is 0 Å². The smallest absolute Gasteiger partial charge is 0.193 e. The Morgan fingerprint density at radius 2 is 2.43 bits per heavy atom. The first kappa shape index (κ1) is 4.53. The van der Waals surface area contributed by atoms with Gasteiger partial charge < -0.3 is 0 Å². The predicted octanol–water partition coefficient (Wildman–Crippen LogP) is -0.596. The van der Waals surface area contributed by atoms with Crippen LogP contribution >= 0.6 is 0 Å². The van der Waals surface area contributed by atoms with E-state index in [1.807, 2.05) is 20.3 Å². The molecule has 1 heterocycles. The highest BCUT2D eigenvalue weighted by Crippen LogP contribution is 1.88. The van der Waals surface area contributed by atoms with Crippen molar-refractivity contribution in [1.82, 2.24) is 0 Å². The lowest BCUT2D eigenvalue weighted by atomic mass is 10.6. The standard InChI is InChI=1S/C5H8N2/c1-5-3-7(2)4-6-5/h3-4H,1-2H3/p+1.